The van der Waals surface area contributed by atoms with Gasteiger partial charge in [0.05, 0.1) is 0 Å². The molecular weight excluding hydrogens is 378 g/mol. The first-order chi connectivity index (χ1) is 13.0. The van der Waals surface area contributed by atoms with E-state index in [1.165, 1.54) is 14.6 Å². The lowest BCUT2D eigenvalue weighted by atomic mass is 10.2. The van der Waals surface area contributed by atoms with Crippen molar-refractivity contribution < 1.29 is 9.59 Å². The lowest BCUT2D eigenvalue weighted by Gasteiger charge is -2.13. The second kappa shape index (κ2) is 8.83. The second-order valence-electron chi connectivity index (χ2n) is 6.14. The topological polar surface area (TPSA) is 61.4 Å². The highest BCUT2D eigenvalue weighted by atomic mass is 32.1. The van der Waals surface area contributed by atoms with Crippen LogP contribution in [0.3, 0.4) is 0 Å². The van der Waals surface area contributed by atoms with Gasteiger partial charge in [-0.1, -0.05) is 6.07 Å². The van der Waals surface area contributed by atoms with Crippen molar-refractivity contribution in [2.75, 3.05) is 30.9 Å². The smallest absolute Gasteiger partial charge is 0.313 e. The quantitative estimate of drug-likeness (QED) is 0.619. The highest BCUT2D eigenvalue weighted by Crippen LogP contribution is 2.31. The molecule has 5 nitrogen and oxygen atoms in total. The van der Waals surface area contributed by atoms with Gasteiger partial charge in [0.15, 0.2) is 0 Å². The average Bonchev–Trinajstić information content (AvgIpc) is 3.33. The summed E-state index contributed by atoms with van der Waals surface area (Å²) >= 11 is 3.42. The summed E-state index contributed by atoms with van der Waals surface area (Å²) in [7, 11) is 3.88. The minimum absolute atomic E-state index is 0.427. The predicted molar refractivity (Wildman–Crippen MR) is 114 cm³/mol. The summed E-state index contributed by atoms with van der Waals surface area (Å²) in [5.41, 5.74) is 1.62. The maximum Gasteiger partial charge on any atom is 0.313 e. The number of benzene rings is 1. The van der Waals surface area contributed by atoms with E-state index in [0.717, 1.165) is 5.69 Å². The maximum absolute atomic E-state index is 12.0. The Kier molecular flexibility index (Phi) is 6.26. The van der Waals surface area contributed by atoms with Crippen LogP contribution < -0.4 is 15.5 Å². The van der Waals surface area contributed by atoms with Crippen LogP contribution in [0.2, 0.25) is 0 Å². The Morgan fingerprint density at radius 3 is 2.41 bits per heavy atom. The Hall–Kier alpha value is -2.64. The van der Waals surface area contributed by atoms with Gasteiger partial charge >= 0.3 is 11.8 Å². The summed E-state index contributed by atoms with van der Waals surface area (Å²) in [4.78, 5) is 29.6. The zero-order chi connectivity index (χ0) is 19.2. The fourth-order valence-electron chi connectivity index (χ4n) is 2.47. The summed E-state index contributed by atoms with van der Waals surface area (Å²) in [6.07, 6.45) is 0.701. The third kappa shape index (κ3) is 5.18. The molecule has 2 heterocycles. The number of carbonyl (C=O) groups excluding carboxylic acids is 2. The monoisotopic (exact) mass is 399 g/mol. The maximum atomic E-state index is 12.0. The summed E-state index contributed by atoms with van der Waals surface area (Å²) in [5.74, 6) is -1.28. The summed E-state index contributed by atoms with van der Waals surface area (Å²) in [6, 6.07) is 15.6. The molecule has 0 spiro atoms. The largest absolute Gasteiger partial charge is 0.378 e. The second-order valence-corrected chi connectivity index (χ2v) is 8.26. The lowest BCUT2D eigenvalue weighted by molar-refractivity contribution is -0.136. The van der Waals surface area contributed by atoms with Crippen LogP contribution in [-0.2, 0) is 16.0 Å². The lowest BCUT2D eigenvalue weighted by Crippen LogP contribution is -2.36. The summed E-state index contributed by atoms with van der Waals surface area (Å²) in [6.45, 7) is 0.427. The molecule has 0 radical (unpaired) electrons. The van der Waals surface area contributed by atoms with E-state index in [-0.39, 0.29) is 0 Å². The standard InChI is InChI=1S/C20H21N3O2S2/c1-23(2)15-7-5-14(6-8-15)22-20(25)19(24)21-12-11-16-9-10-18(27-16)17-4-3-13-26-17/h3-10,13H,11-12H2,1-2H3,(H,21,24)(H,22,25). The first kappa shape index (κ1) is 19.1. The molecule has 3 rings (SSSR count). The van der Waals surface area contributed by atoms with Gasteiger partial charge in [-0.15, -0.1) is 22.7 Å². The molecule has 3 aromatic rings. The Bertz CT molecular complexity index is 900. The van der Waals surface area contributed by atoms with E-state index < -0.39 is 11.8 Å². The molecule has 140 valence electrons. The average molecular weight is 400 g/mol. The van der Waals surface area contributed by atoms with Crippen LogP contribution in [0, 0.1) is 0 Å². The number of thiophene rings is 2. The Labute approximate surface area is 166 Å². The molecule has 0 aliphatic carbocycles. The number of hydrogen-bond acceptors (Lipinski definition) is 5. The van der Waals surface area contributed by atoms with Gasteiger partial charge in [-0.2, -0.15) is 0 Å². The first-order valence-electron chi connectivity index (χ1n) is 8.52. The van der Waals surface area contributed by atoms with E-state index in [4.69, 9.17) is 0 Å². The predicted octanol–water partition coefficient (Wildman–Crippen LogP) is 3.84. The number of hydrogen-bond donors (Lipinski definition) is 2. The zero-order valence-electron chi connectivity index (χ0n) is 15.2. The van der Waals surface area contributed by atoms with Gasteiger partial charge in [-0.05, 0) is 54.3 Å². The van der Waals surface area contributed by atoms with Crippen molar-refractivity contribution in [3.05, 3.63) is 58.8 Å². The molecular formula is C20H21N3O2S2. The number of anilines is 2. The number of amides is 2. The minimum Gasteiger partial charge on any atom is -0.378 e. The molecule has 0 unspecified atom stereocenters. The van der Waals surface area contributed by atoms with Gasteiger partial charge in [0, 0.05) is 46.6 Å². The van der Waals surface area contributed by atoms with Gasteiger partial charge in [0.1, 0.15) is 0 Å². The van der Waals surface area contributed by atoms with E-state index in [2.05, 4.69) is 34.2 Å². The highest BCUT2D eigenvalue weighted by Gasteiger charge is 2.13. The van der Waals surface area contributed by atoms with Gasteiger partial charge < -0.3 is 15.5 Å². The van der Waals surface area contributed by atoms with E-state index in [0.29, 0.717) is 18.7 Å². The van der Waals surface area contributed by atoms with Crippen LogP contribution in [0.1, 0.15) is 4.88 Å². The highest BCUT2D eigenvalue weighted by molar-refractivity contribution is 7.21. The van der Waals surface area contributed by atoms with Gasteiger partial charge in [-0.25, -0.2) is 0 Å². The number of carbonyl (C=O) groups is 2. The van der Waals surface area contributed by atoms with Crippen molar-refractivity contribution in [3.63, 3.8) is 0 Å². The minimum atomic E-state index is -0.655. The van der Waals surface area contributed by atoms with E-state index in [1.54, 1.807) is 34.8 Å². The molecule has 0 saturated carbocycles. The molecule has 0 fully saturated rings. The third-order valence-electron chi connectivity index (χ3n) is 3.93. The molecule has 0 aliphatic rings. The first-order valence-corrected chi connectivity index (χ1v) is 10.2. The summed E-state index contributed by atoms with van der Waals surface area (Å²) in [5, 5.41) is 7.35. The van der Waals surface area contributed by atoms with Crippen LogP contribution in [0.4, 0.5) is 11.4 Å². The zero-order valence-corrected chi connectivity index (χ0v) is 16.8. The third-order valence-corrected chi connectivity index (χ3v) is 6.14. The summed E-state index contributed by atoms with van der Waals surface area (Å²) < 4.78 is 0. The van der Waals surface area contributed by atoms with Crippen molar-refractivity contribution in [2.45, 2.75) is 6.42 Å². The van der Waals surface area contributed by atoms with Crippen LogP contribution in [0.5, 0.6) is 0 Å². The molecule has 0 aliphatic heterocycles. The van der Waals surface area contributed by atoms with Crippen molar-refractivity contribution in [3.8, 4) is 9.75 Å². The SMILES string of the molecule is CN(C)c1ccc(NC(=O)C(=O)NCCc2ccc(-c3cccs3)s2)cc1. The normalized spacial score (nSPS) is 10.4. The molecule has 7 heteroatoms. The number of nitrogens with zero attached hydrogens (tertiary/aromatic N) is 1. The van der Waals surface area contributed by atoms with Crippen molar-refractivity contribution in [2.24, 2.45) is 0 Å². The van der Waals surface area contributed by atoms with E-state index >= 15 is 0 Å². The Balaban J connectivity index is 1.45. The van der Waals surface area contributed by atoms with E-state index in [9.17, 15) is 9.59 Å². The molecule has 0 atom stereocenters. The Morgan fingerprint density at radius 2 is 1.74 bits per heavy atom. The van der Waals surface area contributed by atoms with Gasteiger partial charge in [0.25, 0.3) is 0 Å². The van der Waals surface area contributed by atoms with Crippen LogP contribution >= 0.6 is 22.7 Å². The molecule has 2 N–H and O–H groups in total. The molecule has 0 bridgehead atoms. The molecule has 2 amide bonds. The fraction of sp³-hybridized carbons (Fsp3) is 0.200. The van der Waals surface area contributed by atoms with Crippen LogP contribution in [0.25, 0.3) is 9.75 Å². The van der Waals surface area contributed by atoms with Crippen LogP contribution in [-0.4, -0.2) is 32.5 Å². The van der Waals surface area contributed by atoms with Crippen LogP contribution in [0.15, 0.2) is 53.9 Å². The van der Waals surface area contributed by atoms with E-state index in [1.807, 2.05) is 37.2 Å². The molecule has 0 saturated heterocycles. The van der Waals surface area contributed by atoms with Crippen molar-refractivity contribution >= 4 is 45.9 Å². The fourth-order valence-corrected chi connectivity index (χ4v) is 4.32. The van der Waals surface area contributed by atoms with Crippen molar-refractivity contribution in [1.29, 1.82) is 0 Å². The van der Waals surface area contributed by atoms with Gasteiger partial charge in [-0.3, -0.25) is 9.59 Å². The number of nitrogens with one attached hydrogen (secondary N) is 2. The Morgan fingerprint density at radius 1 is 0.963 bits per heavy atom. The molecule has 2 aromatic heterocycles. The number of rotatable bonds is 6. The molecule has 1 aromatic carbocycles. The molecule has 27 heavy (non-hydrogen) atoms. The van der Waals surface area contributed by atoms with Gasteiger partial charge in [0.2, 0.25) is 0 Å². The van der Waals surface area contributed by atoms with Crippen molar-refractivity contribution in [1.82, 2.24) is 5.32 Å².